The van der Waals surface area contributed by atoms with E-state index < -0.39 is 22.0 Å². The van der Waals surface area contributed by atoms with Crippen molar-refractivity contribution in [3.8, 4) is 0 Å². The van der Waals surface area contributed by atoms with Crippen LogP contribution in [0, 0.1) is 5.92 Å². The normalized spacial score (nSPS) is 18.7. The Bertz CT molecular complexity index is 562. The zero-order valence-corrected chi connectivity index (χ0v) is 16.3. The lowest BCUT2D eigenvalue weighted by atomic mass is 9.96. The predicted molar refractivity (Wildman–Crippen MR) is 93.6 cm³/mol. The van der Waals surface area contributed by atoms with E-state index in [1.54, 1.807) is 6.92 Å². The van der Waals surface area contributed by atoms with Crippen LogP contribution in [0.1, 0.15) is 47.0 Å². The minimum atomic E-state index is -3.24. The second kappa shape index (κ2) is 8.95. The van der Waals surface area contributed by atoms with E-state index in [1.807, 2.05) is 20.8 Å². The van der Waals surface area contributed by atoms with Crippen LogP contribution in [0.15, 0.2) is 0 Å². The Balaban J connectivity index is 2.52. The topological polar surface area (TPSA) is 113 Å². The van der Waals surface area contributed by atoms with E-state index in [-0.39, 0.29) is 36.2 Å². The smallest absolute Gasteiger partial charge is 0.326 e. The number of amides is 1. The zero-order valence-electron chi connectivity index (χ0n) is 15.4. The van der Waals surface area contributed by atoms with Crippen LogP contribution in [0.4, 0.5) is 0 Å². The number of aliphatic carboxylic acids is 1. The lowest BCUT2D eigenvalue weighted by molar-refractivity contribution is -0.143. The first kappa shape index (κ1) is 21.9. The first-order valence-corrected chi connectivity index (χ1v) is 10.2. The molecule has 2 N–H and O–H groups in total. The van der Waals surface area contributed by atoms with E-state index >= 15 is 0 Å². The molecule has 1 heterocycles. The first-order chi connectivity index (χ1) is 11.5. The first-order valence-electron chi connectivity index (χ1n) is 8.61. The van der Waals surface area contributed by atoms with E-state index in [0.717, 1.165) is 0 Å². The monoisotopic (exact) mass is 378 g/mol. The maximum Gasteiger partial charge on any atom is 0.326 e. The van der Waals surface area contributed by atoms with Crippen molar-refractivity contribution in [2.45, 2.75) is 58.6 Å². The summed E-state index contributed by atoms with van der Waals surface area (Å²) in [5, 5.41) is 11.8. The molecule has 1 saturated heterocycles. The molecule has 0 saturated carbocycles. The van der Waals surface area contributed by atoms with Crippen molar-refractivity contribution in [3.05, 3.63) is 0 Å². The van der Waals surface area contributed by atoms with Gasteiger partial charge in [-0.2, -0.15) is 0 Å². The van der Waals surface area contributed by atoms with Gasteiger partial charge in [-0.15, -0.1) is 0 Å². The SMILES string of the molecule is CCS(=O)(=O)N1CCC(C(=O)NC(CCOC(C)(C)C)C(=O)O)CC1. The van der Waals surface area contributed by atoms with Gasteiger partial charge in [-0.3, -0.25) is 4.79 Å². The summed E-state index contributed by atoms with van der Waals surface area (Å²) in [7, 11) is -3.24. The van der Waals surface area contributed by atoms with Gasteiger partial charge in [0, 0.05) is 32.0 Å². The highest BCUT2D eigenvalue weighted by atomic mass is 32.2. The van der Waals surface area contributed by atoms with Crippen LogP contribution in [0.3, 0.4) is 0 Å². The van der Waals surface area contributed by atoms with Crippen molar-refractivity contribution in [2.75, 3.05) is 25.4 Å². The predicted octanol–water partition coefficient (Wildman–Crippen LogP) is 0.823. The van der Waals surface area contributed by atoms with Crippen molar-refractivity contribution in [1.29, 1.82) is 0 Å². The van der Waals surface area contributed by atoms with Crippen molar-refractivity contribution >= 4 is 21.9 Å². The average Bonchev–Trinajstić information content (AvgIpc) is 2.52. The Morgan fingerprint density at radius 2 is 1.84 bits per heavy atom. The van der Waals surface area contributed by atoms with Gasteiger partial charge in [0.1, 0.15) is 6.04 Å². The number of carboxylic acids is 1. The number of nitrogens with zero attached hydrogens (tertiary/aromatic N) is 1. The third-order valence-electron chi connectivity index (χ3n) is 4.14. The molecule has 1 rings (SSSR count). The van der Waals surface area contributed by atoms with E-state index in [9.17, 15) is 23.1 Å². The molecule has 1 aliphatic heterocycles. The number of hydrogen-bond acceptors (Lipinski definition) is 5. The largest absolute Gasteiger partial charge is 0.480 e. The van der Waals surface area contributed by atoms with E-state index in [0.29, 0.717) is 25.9 Å². The lowest BCUT2D eigenvalue weighted by Gasteiger charge is -2.31. The summed E-state index contributed by atoms with van der Waals surface area (Å²) in [6, 6.07) is -1.01. The van der Waals surface area contributed by atoms with Crippen LogP contribution >= 0.6 is 0 Å². The van der Waals surface area contributed by atoms with Gasteiger partial charge < -0.3 is 15.2 Å². The molecule has 0 radical (unpaired) electrons. The van der Waals surface area contributed by atoms with Crippen LogP contribution in [0.25, 0.3) is 0 Å². The molecule has 1 atom stereocenters. The van der Waals surface area contributed by atoms with Crippen LogP contribution in [-0.4, -0.2) is 66.8 Å². The molecule has 0 aromatic carbocycles. The van der Waals surface area contributed by atoms with E-state index in [2.05, 4.69) is 5.32 Å². The molecule has 0 aromatic rings. The Morgan fingerprint density at radius 1 is 1.28 bits per heavy atom. The van der Waals surface area contributed by atoms with Gasteiger partial charge in [0.25, 0.3) is 0 Å². The van der Waals surface area contributed by atoms with Gasteiger partial charge in [0.05, 0.1) is 11.4 Å². The third-order valence-corrected chi connectivity index (χ3v) is 6.02. The summed E-state index contributed by atoms with van der Waals surface area (Å²) in [6.07, 6.45) is 0.979. The Labute approximate surface area is 150 Å². The molecule has 8 nitrogen and oxygen atoms in total. The van der Waals surface area contributed by atoms with Gasteiger partial charge in [-0.1, -0.05) is 0 Å². The summed E-state index contributed by atoms with van der Waals surface area (Å²) in [5.41, 5.74) is -0.370. The number of hydrogen-bond donors (Lipinski definition) is 2. The number of ether oxygens (including phenoxy) is 1. The second-order valence-electron chi connectivity index (χ2n) is 7.22. The quantitative estimate of drug-likeness (QED) is 0.647. The molecular weight excluding hydrogens is 348 g/mol. The van der Waals surface area contributed by atoms with Crippen LogP contribution in [0.5, 0.6) is 0 Å². The van der Waals surface area contributed by atoms with Gasteiger partial charge >= 0.3 is 5.97 Å². The number of carbonyl (C=O) groups is 2. The van der Waals surface area contributed by atoms with Crippen molar-refractivity contribution in [2.24, 2.45) is 5.92 Å². The van der Waals surface area contributed by atoms with Crippen molar-refractivity contribution in [3.63, 3.8) is 0 Å². The van der Waals surface area contributed by atoms with Crippen LogP contribution in [0.2, 0.25) is 0 Å². The highest BCUT2D eigenvalue weighted by molar-refractivity contribution is 7.89. The Hall–Kier alpha value is -1.19. The lowest BCUT2D eigenvalue weighted by Crippen LogP contribution is -2.48. The van der Waals surface area contributed by atoms with Crippen molar-refractivity contribution < 1.29 is 27.9 Å². The highest BCUT2D eigenvalue weighted by Crippen LogP contribution is 2.20. The maximum absolute atomic E-state index is 12.3. The highest BCUT2D eigenvalue weighted by Gasteiger charge is 2.32. The molecule has 1 amide bonds. The fraction of sp³-hybridized carbons (Fsp3) is 0.875. The molecule has 9 heteroatoms. The summed E-state index contributed by atoms with van der Waals surface area (Å²) < 4.78 is 30.6. The summed E-state index contributed by atoms with van der Waals surface area (Å²) in [6.45, 7) is 8.02. The van der Waals surface area contributed by atoms with Gasteiger partial charge in [0.15, 0.2) is 0 Å². The molecule has 0 bridgehead atoms. The Kier molecular flexibility index (Phi) is 7.83. The molecule has 1 fully saturated rings. The minimum Gasteiger partial charge on any atom is -0.480 e. The fourth-order valence-corrected chi connectivity index (χ4v) is 3.74. The molecule has 0 aromatic heterocycles. The summed E-state index contributed by atoms with van der Waals surface area (Å²) in [4.78, 5) is 23.7. The van der Waals surface area contributed by atoms with Gasteiger partial charge in [-0.05, 0) is 40.5 Å². The number of rotatable bonds is 8. The number of nitrogens with one attached hydrogen (secondary N) is 1. The van der Waals surface area contributed by atoms with E-state index in [4.69, 9.17) is 4.74 Å². The van der Waals surface area contributed by atoms with Crippen LogP contribution in [-0.2, 0) is 24.3 Å². The standard InChI is InChI=1S/C16H30N2O6S/c1-5-25(22,23)18-9-6-12(7-10-18)14(19)17-13(15(20)21)8-11-24-16(2,3)4/h12-13H,5-11H2,1-4H3,(H,17,19)(H,20,21). The Morgan fingerprint density at radius 3 is 2.28 bits per heavy atom. The summed E-state index contributed by atoms with van der Waals surface area (Å²) in [5.74, 6) is -1.76. The molecule has 0 aliphatic carbocycles. The molecule has 0 spiro atoms. The molecule has 25 heavy (non-hydrogen) atoms. The average molecular weight is 378 g/mol. The van der Waals surface area contributed by atoms with Gasteiger partial charge in [0.2, 0.25) is 15.9 Å². The maximum atomic E-state index is 12.3. The fourth-order valence-electron chi connectivity index (χ4n) is 2.61. The van der Waals surface area contributed by atoms with E-state index in [1.165, 1.54) is 4.31 Å². The third kappa shape index (κ3) is 7.29. The number of sulfonamides is 1. The number of piperidine rings is 1. The van der Waals surface area contributed by atoms with Crippen LogP contribution < -0.4 is 5.32 Å². The second-order valence-corrected chi connectivity index (χ2v) is 9.48. The molecule has 146 valence electrons. The molecular formula is C16H30N2O6S. The number of carboxylic acid groups (broad SMARTS) is 1. The molecule has 1 unspecified atom stereocenters. The minimum absolute atomic E-state index is 0.0404. The molecule has 1 aliphatic rings. The number of carbonyl (C=O) groups excluding carboxylic acids is 1. The van der Waals surface area contributed by atoms with Crippen molar-refractivity contribution in [1.82, 2.24) is 9.62 Å². The summed E-state index contributed by atoms with van der Waals surface area (Å²) >= 11 is 0. The van der Waals surface area contributed by atoms with Gasteiger partial charge in [-0.25, -0.2) is 17.5 Å². The zero-order chi connectivity index (χ0) is 19.3.